The van der Waals surface area contributed by atoms with Gasteiger partial charge in [0.15, 0.2) is 6.61 Å². The van der Waals surface area contributed by atoms with E-state index in [1.54, 1.807) is 18.2 Å². The molecule has 0 atom stereocenters. The van der Waals surface area contributed by atoms with Crippen LogP contribution >= 0.6 is 23.2 Å². The Balaban J connectivity index is 1.99. The van der Waals surface area contributed by atoms with Crippen molar-refractivity contribution in [3.8, 4) is 0 Å². The van der Waals surface area contributed by atoms with Crippen LogP contribution in [0.4, 0.5) is 10.1 Å². The molecule has 0 aliphatic rings. The van der Waals surface area contributed by atoms with E-state index in [9.17, 15) is 18.8 Å². The molecule has 2 rings (SSSR count). The van der Waals surface area contributed by atoms with Gasteiger partial charge < -0.3 is 15.4 Å². The van der Waals surface area contributed by atoms with Crippen LogP contribution in [-0.4, -0.2) is 30.9 Å². The number of hydrogen-bond donors (Lipinski definition) is 1. The summed E-state index contributed by atoms with van der Waals surface area (Å²) < 4.78 is 18.1. The number of benzene rings is 2. The maximum atomic E-state index is 13.1. The second-order valence-electron chi connectivity index (χ2n) is 5.85. The molecule has 0 aliphatic heterocycles. The molecule has 9 heteroatoms. The van der Waals surface area contributed by atoms with Gasteiger partial charge in [-0.05, 0) is 48.0 Å². The summed E-state index contributed by atoms with van der Waals surface area (Å²) in [5.41, 5.74) is 6.10. The van der Waals surface area contributed by atoms with Crippen molar-refractivity contribution in [3.05, 3.63) is 70.0 Å². The van der Waals surface area contributed by atoms with Gasteiger partial charge >= 0.3 is 5.97 Å². The molecule has 0 aliphatic carbocycles. The molecule has 29 heavy (non-hydrogen) atoms. The number of carbonyl (C=O) groups is 3. The van der Waals surface area contributed by atoms with Gasteiger partial charge in [-0.3, -0.25) is 9.59 Å². The van der Waals surface area contributed by atoms with Crippen LogP contribution < -0.4 is 10.6 Å². The highest BCUT2D eigenvalue weighted by atomic mass is 35.5. The fraction of sp³-hybridized carbons (Fsp3) is 0.150. The normalized spacial score (nSPS) is 10.7. The fourth-order valence-electron chi connectivity index (χ4n) is 2.28. The van der Waals surface area contributed by atoms with E-state index in [1.807, 2.05) is 0 Å². The smallest absolute Gasteiger partial charge is 0.331 e. The van der Waals surface area contributed by atoms with Crippen LogP contribution in [-0.2, 0) is 19.1 Å². The van der Waals surface area contributed by atoms with Gasteiger partial charge in [0.05, 0.1) is 10.0 Å². The zero-order valence-electron chi connectivity index (χ0n) is 15.1. The summed E-state index contributed by atoms with van der Waals surface area (Å²) >= 11 is 11.7. The van der Waals surface area contributed by atoms with Crippen molar-refractivity contribution in [2.24, 2.45) is 5.73 Å². The van der Waals surface area contributed by atoms with Crippen molar-refractivity contribution in [1.29, 1.82) is 0 Å². The van der Waals surface area contributed by atoms with Crippen molar-refractivity contribution < 1.29 is 23.5 Å². The van der Waals surface area contributed by atoms with Gasteiger partial charge in [-0.25, -0.2) is 9.18 Å². The van der Waals surface area contributed by atoms with Crippen molar-refractivity contribution in [3.63, 3.8) is 0 Å². The minimum atomic E-state index is -0.752. The lowest BCUT2D eigenvalue weighted by Gasteiger charge is -2.22. The number of nitrogens with zero attached hydrogens (tertiary/aromatic N) is 1. The monoisotopic (exact) mass is 438 g/mol. The standard InChI is InChI=1S/C20H17Cl2FN2O4/c21-16-7-1-13(11-17(16)22)2-8-20(28)29-12-19(27)25(10-9-18(24)26)15-5-3-14(23)4-6-15/h1-8,11H,9-10,12H2,(H2,24,26)/b8-2+. The number of carbonyl (C=O) groups excluding carboxylic acids is 3. The maximum Gasteiger partial charge on any atom is 0.331 e. The van der Waals surface area contributed by atoms with Crippen LogP contribution in [0.15, 0.2) is 48.5 Å². The number of primary amides is 1. The minimum absolute atomic E-state index is 0.0313. The Morgan fingerprint density at radius 2 is 1.76 bits per heavy atom. The Morgan fingerprint density at radius 1 is 1.07 bits per heavy atom. The Labute approximate surface area is 176 Å². The first-order chi connectivity index (χ1) is 13.8. The van der Waals surface area contributed by atoms with Crippen molar-refractivity contribution in [1.82, 2.24) is 0 Å². The Kier molecular flexibility index (Phi) is 8.18. The molecule has 0 saturated heterocycles. The predicted octanol–water partition coefficient (Wildman–Crippen LogP) is 3.60. The Hall–Kier alpha value is -2.90. The third-order valence-electron chi connectivity index (χ3n) is 3.71. The van der Waals surface area contributed by atoms with E-state index in [2.05, 4.69) is 0 Å². The van der Waals surface area contributed by atoms with Crippen LogP contribution in [0, 0.1) is 5.82 Å². The van der Waals surface area contributed by atoms with E-state index in [0.717, 1.165) is 6.08 Å². The van der Waals surface area contributed by atoms with Crippen LogP contribution in [0.1, 0.15) is 12.0 Å². The highest BCUT2D eigenvalue weighted by Crippen LogP contribution is 2.23. The second kappa shape index (κ2) is 10.6. The van der Waals surface area contributed by atoms with Gasteiger partial charge in [0.1, 0.15) is 5.82 Å². The van der Waals surface area contributed by atoms with Gasteiger partial charge in [-0.2, -0.15) is 0 Å². The van der Waals surface area contributed by atoms with Gasteiger partial charge in [0.25, 0.3) is 5.91 Å². The SMILES string of the molecule is NC(=O)CCN(C(=O)COC(=O)/C=C/c1ccc(Cl)c(Cl)c1)c1ccc(F)cc1. The zero-order valence-corrected chi connectivity index (χ0v) is 16.6. The summed E-state index contributed by atoms with van der Waals surface area (Å²) in [5, 5.41) is 0.718. The summed E-state index contributed by atoms with van der Waals surface area (Å²) in [5.74, 6) is -2.42. The number of halogens is 3. The molecule has 0 spiro atoms. The van der Waals surface area contributed by atoms with Gasteiger partial charge in [0, 0.05) is 24.7 Å². The number of nitrogens with two attached hydrogens (primary N) is 1. The van der Waals surface area contributed by atoms with Crippen LogP contribution in [0.5, 0.6) is 0 Å². The van der Waals surface area contributed by atoms with E-state index in [-0.39, 0.29) is 13.0 Å². The molecular weight excluding hydrogens is 422 g/mol. The van der Waals surface area contributed by atoms with E-state index >= 15 is 0 Å². The lowest BCUT2D eigenvalue weighted by Crippen LogP contribution is -2.37. The Morgan fingerprint density at radius 3 is 2.38 bits per heavy atom. The number of hydrogen-bond acceptors (Lipinski definition) is 4. The van der Waals surface area contributed by atoms with Gasteiger partial charge in [-0.15, -0.1) is 0 Å². The molecule has 0 radical (unpaired) electrons. The third-order valence-corrected chi connectivity index (χ3v) is 4.45. The molecule has 0 unspecified atom stereocenters. The van der Waals surface area contributed by atoms with E-state index in [1.165, 1.54) is 35.2 Å². The van der Waals surface area contributed by atoms with Crippen molar-refractivity contribution in [2.75, 3.05) is 18.1 Å². The predicted molar refractivity (Wildman–Crippen MR) is 109 cm³/mol. The number of rotatable bonds is 8. The average molecular weight is 439 g/mol. The van der Waals surface area contributed by atoms with Crippen LogP contribution in [0.25, 0.3) is 6.08 Å². The molecule has 0 fully saturated rings. The highest BCUT2D eigenvalue weighted by molar-refractivity contribution is 6.42. The minimum Gasteiger partial charge on any atom is -0.452 e. The fourth-order valence-corrected chi connectivity index (χ4v) is 2.59. The van der Waals surface area contributed by atoms with Gasteiger partial charge in [-0.1, -0.05) is 29.3 Å². The summed E-state index contributed by atoms with van der Waals surface area (Å²) in [6, 6.07) is 9.90. The number of ether oxygens (including phenoxy) is 1. The zero-order chi connectivity index (χ0) is 21.4. The second-order valence-corrected chi connectivity index (χ2v) is 6.67. The largest absolute Gasteiger partial charge is 0.452 e. The van der Waals surface area contributed by atoms with Gasteiger partial charge in [0.2, 0.25) is 5.91 Å². The average Bonchev–Trinajstić information content (AvgIpc) is 2.68. The number of anilines is 1. The summed E-state index contributed by atoms with van der Waals surface area (Å²) in [4.78, 5) is 36.6. The van der Waals surface area contributed by atoms with Crippen LogP contribution in [0.2, 0.25) is 10.0 Å². The summed E-state index contributed by atoms with van der Waals surface area (Å²) in [7, 11) is 0. The van der Waals surface area contributed by atoms with E-state index in [0.29, 0.717) is 21.3 Å². The quantitative estimate of drug-likeness (QED) is 0.503. The molecule has 6 nitrogen and oxygen atoms in total. The Bertz CT molecular complexity index is 933. The molecule has 2 aromatic rings. The molecule has 0 aromatic heterocycles. The summed E-state index contributed by atoms with van der Waals surface area (Å²) in [6.45, 7) is -0.600. The first-order valence-corrected chi connectivity index (χ1v) is 9.16. The molecular formula is C20H17Cl2FN2O4. The first-order valence-electron chi connectivity index (χ1n) is 8.40. The lowest BCUT2D eigenvalue weighted by molar-refractivity contribution is -0.143. The molecule has 0 heterocycles. The first kappa shape index (κ1) is 22.4. The van der Waals surface area contributed by atoms with Crippen molar-refractivity contribution >= 4 is 52.7 Å². The third kappa shape index (κ3) is 7.21. The molecule has 0 bridgehead atoms. The molecule has 2 N–H and O–H groups in total. The number of amides is 2. The molecule has 2 aromatic carbocycles. The molecule has 152 valence electrons. The molecule has 2 amide bonds. The molecule has 0 saturated carbocycles. The van der Waals surface area contributed by atoms with E-state index in [4.69, 9.17) is 33.7 Å². The summed E-state index contributed by atoms with van der Waals surface area (Å²) in [6.07, 6.45) is 2.49. The highest BCUT2D eigenvalue weighted by Gasteiger charge is 2.18. The van der Waals surface area contributed by atoms with Crippen LogP contribution in [0.3, 0.4) is 0 Å². The number of esters is 1. The maximum absolute atomic E-state index is 13.1. The lowest BCUT2D eigenvalue weighted by atomic mass is 10.2. The topological polar surface area (TPSA) is 89.7 Å². The van der Waals surface area contributed by atoms with E-state index < -0.39 is 30.2 Å². The van der Waals surface area contributed by atoms with Crippen molar-refractivity contribution in [2.45, 2.75) is 6.42 Å².